The van der Waals surface area contributed by atoms with Crippen molar-refractivity contribution in [2.24, 2.45) is 0 Å². The molecule has 0 bridgehead atoms. The summed E-state index contributed by atoms with van der Waals surface area (Å²) >= 11 is 5.66. The molecule has 1 aromatic rings. The first-order valence-electron chi connectivity index (χ1n) is 3.55. The quantitative estimate of drug-likeness (QED) is 0.473. The summed E-state index contributed by atoms with van der Waals surface area (Å²) in [5.41, 5.74) is 1.52. The second-order valence-corrected chi connectivity index (χ2v) is 2.81. The predicted octanol–water partition coefficient (Wildman–Crippen LogP) is 0.948. The average molecular weight is 180 g/mol. The van der Waals surface area contributed by atoms with Crippen molar-refractivity contribution < 1.29 is 9.47 Å². The Labute approximate surface area is 76.8 Å². The van der Waals surface area contributed by atoms with Crippen LogP contribution in [0.4, 0.5) is 0 Å². The summed E-state index contributed by atoms with van der Waals surface area (Å²) in [6.07, 6.45) is 0. The van der Waals surface area contributed by atoms with Gasteiger partial charge in [-0.1, -0.05) is 5.46 Å². The molecule has 0 unspecified atom stereocenters. The van der Waals surface area contributed by atoms with Gasteiger partial charge in [0.05, 0.1) is 0 Å². The van der Waals surface area contributed by atoms with Crippen molar-refractivity contribution in [1.29, 1.82) is 0 Å². The number of ether oxygens (including phenoxy) is 2. The molecule has 2 rings (SSSR count). The molecule has 1 aliphatic rings. The number of benzene rings is 1. The smallest absolute Gasteiger partial charge is 0.231 e. The van der Waals surface area contributed by atoms with Gasteiger partial charge in [0.1, 0.15) is 7.85 Å². The lowest BCUT2D eigenvalue weighted by atomic mass is 9.91. The van der Waals surface area contributed by atoms with Crippen molar-refractivity contribution in [3.8, 4) is 11.5 Å². The first-order chi connectivity index (χ1) is 5.81. The van der Waals surface area contributed by atoms with E-state index in [1.807, 2.05) is 6.07 Å². The lowest BCUT2D eigenvalue weighted by Crippen LogP contribution is -2.08. The van der Waals surface area contributed by atoms with Gasteiger partial charge in [0.25, 0.3) is 0 Å². The van der Waals surface area contributed by atoms with Gasteiger partial charge in [-0.15, -0.1) is 11.6 Å². The minimum Gasteiger partial charge on any atom is -0.454 e. The molecule has 1 aliphatic heterocycles. The number of fused-ring (bicyclic) bond motifs is 1. The van der Waals surface area contributed by atoms with Crippen molar-refractivity contribution >= 4 is 24.9 Å². The molecule has 0 fully saturated rings. The van der Waals surface area contributed by atoms with E-state index in [1.165, 1.54) is 0 Å². The van der Waals surface area contributed by atoms with Crippen molar-refractivity contribution in [3.05, 3.63) is 17.7 Å². The fourth-order valence-electron chi connectivity index (χ4n) is 1.12. The summed E-state index contributed by atoms with van der Waals surface area (Å²) in [6.45, 7) is 0.264. The van der Waals surface area contributed by atoms with Crippen LogP contribution >= 0.6 is 11.6 Å². The minimum absolute atomic E-state index is 0.264. The zero-order valence-electron chi connectivity index (χ0n) is 6.34. The highest BCUT2D eigenvalue weighted by Crippen LogP contribution is 2.31. The van der Waals surface area contributed by atoms with Crippen LogP contribution in [0.1, 0.15) is 5.56 Å². The van der Waals surface area contributed by atoms with Gasteiger partial charge in [0, 0.05) is 5.88 Å². The lowest BCUT2D eigenvalue weighted by Gasteiger charge is -2.03. The van der Waals surface area contributed by atoms with E-state index in [0.29, 0.717) is 17.1 Å². The van der Waals surface area contributed by atoms with Gasteiger partial charge in [-0.2, -0.15) is 0 Å². The Morgan fingerprint density at radius 3 is 2.67 bits per heavy atom. The van der Waals surface area contributed by atoms with Crippen LogP contribution < -0.4 is 14.9 Å². The maximum Gasteiger partial charge on any atom is 0.231 e. The Hall–Kier alpha value is -0.825. The minimum atomic E-state index is 0.264. The molecular weight excluding hydrogens is 174 g/mol. The highest BCUT2D eigenvalue weighted by Gasteiger charge is 2.14. The monoisotopic (exact) mass is 180 g/mol. The Bertz CT molecular complexity index is 313. The third kappa shape index (κ3) is 1.14. The van der Waals surface area contributed by atoms with Gasteiger partial charge in [0.2, 0.25) is 6.79 Å². The molecule has 0 spiro atoms. The second-order valence-electron chi connectivity index (χ2n) is 2.54. The van der Waals surface area contributed by atoms with Crippen LogP contribution in [0.3, 0.4) is 0 Å². The molecule has 12 heavy (non-hydrogen) atoms. The van der Waals surface area contributed by atoms with Crippen molar-refractivity contribution in [2.75, 3.05) is 6.79 Å². The number of alkyl halides is 1. The number of hydrogen-bond donors (Lipinski definition) is 0. The molecule has 1 aromatic carbocycles. The SMILES string of the molecule is [B]c1cc2c(cc1CCl)OCO2. The molecule has 0 aromatic heterocycles. The normalized spacial score (nSPS) is 13.4. The third-order valence-electron chi connectivity index (χ3n) is 1.78. The number of hydrogen-bond acceptors (Lipinski definition) is 2. The average Bonchev–Trinajstić information content (AvgIpc) is 2.49. The Morgan fingerprint density at radius 1 is 1.33 bits per heavy atom. The zero-order valence-corrected chi connectivity index (χ0v) is 7.10. The molecule has 1 heterocycles. The van der Waals surface area contributed by atoms with Gasteiger partial charge in [-0.3, -0.25) is 0 Å². The van der Waals surface area contributed by atoms with E-state index in [9.17, 15) is 0 Å². The number of halogens is 1. The Morgan fingerprint density at radius 2 is 2.00 bits per heavy atom. The van der Waals surface area contributed by atoms with Gasteiger partial charge in [0.15, 0.2) is 11.5 Å². The van der Waals surface area contributed by atoms with Crippen LogP contribution in [0.25, 0.3) is 0 Å². The molecule has 2 radical (unpaired) electrons. The van der Waals surface area contributed by atoms with Crippen LogP contribution in [-0.4, -0.2) is 14.6 Å². The van der Waals surface area contributed by atoms with Crippen LogP contribution in [0.2, 0.25) is 0 Å². The molecule has 0 saturated carbocycles. The topological polar surface area (TPSA) is 18.5 Å². The van der Waals surface area contributed by atoms with Gasteiger partial charge >= 0.3 is 0 Å². The van der Waals surface area contributed by atoms with E-state index in [0.717, 1.165) is 11.3 Å². The fraction of sp³-hybridized carbons (Fsp3) is 0.250. The van der Waals surface area contributed by atoms with E-state index in [4.69, 9.17) is 28.9 Å². The molecule has 2 nitrogen and oxygen atoms in total. The maximum absolute atomic E-state index is 5.68. The van der Waals surface area contributed by atoms with E-state index in [1.54, 1.807) is 6.07 Å². The Kier molecular flexibility index (Phi) is 1.89. The highest BCUT2D eigenvalue weighted by molar-refractivity contribution is 6.34. The molecule has 0 atom stereocenters. The van der Waals surface area contributed by atoms with Crippen LogP contribution in [-0.2, 0) is 5.88 Å². The van der Waals surface area contributed by atoms with Crippen LogP contribution in [0.5, 0.6) is 11.5 Å². The summed E-state index contributed by atoms with van der Waals surface area (Å²) in [6, 6.07) is 3.55. The van der Waals surface area contributed by atoms with Gasteiger partial charge in [-0.05, 0) is 17.7 Å². The van der Waals surface area contributed by atoms with Crippen molar-refractivity contribution in [1.82, 2.24) is 0 Å². The summed E-state index contributed by atoms with van der Waals surface area (Å²) < 4.78 is 10.3. The summed E-state index contributed by atoms with van der Waals surface area (Å²) in [5, 5.41) is 0. The summed E-state index contributed by atoms with van der Waals surface area (Å²) in [5.74, 6) is 1.81. The fourth-order valence-corrected chi connectivity index (χ4v) is 1.35. The van der Waals surface area contributed by atoms with Crippen LogP contribution in [0.15, 0.2) is 12.1 Å². The molecule has 4 heteroatoms. The standard InChI is InChI=1S/C8H6BClO2/c9-6-2-8-7(11-4-12-8)1-5(6)3-10/h1-2H,3-4H2. The third-order valence-corrected chi connectivity index (χ3v) is 2.07. The largest absolute Gasteiger partial charge is 0.454 e. The molecule has 0 amide bonds. The Balaban J connectivity index is 2.49. The summed E-state index contributed by atoms with van der Waals surface area (Å²) in [7, 11) is 5.68. The van der Waals surface area contributed by atoms with Crippen molar-refractivity contribution in [3.63, 3.8) is 0 Å². The first kappa shape index (κ1) is 7.81. The molecule has 0 saturated heterocycles. The van der Waals surface area contributed by atoms with Crippen LogP contribution in [0, 0.1) is 0 Å². The molecular formula is C8H6BClO2. The highest BCUT2D eigenvalue weighted by atomic mass is 35.5. The van der Waals surface area contributed by atoms with Gasteiger partial charge < -0.3 is 9.47 Å². The zero-order chi connectivity index (χ0) is 8.55. The van der Waals surface area contributed by atoms with E-state index in [-0.39, 0.29) is 6.79 Å². The maximum atomic E-state index is 5.68. The van der Waals surface area contributed by atoms with E-state index in [2.05, 4.69) is 0 Å². The number of rotatable bonds is 1. The van der Waals surface area contributed by atoms with Crippen molar-refractivity contribution in [2.45, 2.75) is 5.88 Å². The van der Waals surface area contributed by atoms with E-state index >= 15 is 0 Å². The first-order valence-corrected chi connectivity index (χ1v) is 4.08. The predicted molar refractivity (Wildman–Crippen MR) is 47.5 cm³/mol. The lowest BCUT2D eigenvalue weighted by molar-refractivity contribution is 0.174. The molecule has 0 N–H and O–H groups in total. The second kappa shape index (κ2) is 2.90. The molecule has 0 aliphatic carbocycles. The van der Waals surface area contributed by atoms with Gasteiger partial charge in [-0.25, -0.2) is 0 Å². The molecule has 60 valence electrons. The van der Waals surface area contributed by atoms with E-state index < -0.39 is 0 Å². The summed E-state index contributed by atoms with van der Waals surface area (Å²) in [4.78, 5) is 0.